The Bertz CT molecular complexity index is 668. The van der Waals surface area contributed by atoms with Crippen LogP contribution in [0.15, 0.2) is 28.8 Å². The molecule has 3 rings (SSSR count). The molecule has 0 bridgehead atoms. The molecule has 7 nitrogen and oxygen atoms in total. The van der Waals surface area contributed by atoms with Crippen LogP contribution in [0.2, 0.25) is 0 Å². The molecule has 1 fully saturated rings. The first-order chi connectivity index (χ1) is 11.1. The van der Waals surface area contributed by atoms with E-state index in [0.29, 0.717) is 42.8 Å². The van der Waals surface area contributed by atoms with Gasteiger partial charge in [0.25, 0.3) is 5.91 Å². The normalized spacial score (nSPS) is 18.0. The van der Waals surface area contributed by atoms with Gasteiger partial charge in [-0.1, -0.05) is 5.16 Å². The number of aromatic nitrogens is 2. The van der Waals surface area contributed by atoms with Crippen molar-refractivity contribution in [2.75, 3.05) is 19.8 Å². The summed E-state index contributed by atoms with van der Waals surface area (Å²) in [6.45, 7) is 5.73. The van der Waals surface area contributed by atoms with Crippen LogP contribution in [-0.2, 0) is 11.3 Å². The molecule has 1 aromatic carbocycles. The fourth-order valence-electron chi connectivity index (χ4n) is 2.44. The van der Waals surface area contributed by atoms with Crippen LogP contribution >= 0.6 is 0 Å². The lowest BCUT2D eigenvalue weighted by Crippen LogP contribution is -2.47. The van der Waals surface area contributed by atoms with E-state index < -0.39 is 0 Å². The largest absolute Gasteiger partial charge is 0.485 e. The van der Waals surface area contributed by atoms with Gasteiger partial charge in [-0.3, -0.25) is 4.79 Å². The Morgan fingerprint density at radius 2 is 2.17 bits per heavy atom. The first-order valence-corrected chi connectivity index (χ1v) is 7.54. The predicted octanol–water partition coefficient (Wildman–Crippen LogP) is 1.82. The molecule has 1 aliphatic heterocycles. The number of nitrogens with zero attached hydrogens (tertiary/aromatic N) is 3. The van der Waals surface area contributed by atoms with Crippen LogP contribution in [0, 0.1) is 6.92 Å². The minimum Gasteiger partial charge on any atom is -0.485 e. The third-order valence-corrected chi connectivity index (χ3v) is 3.67. The number of ether oxygens (including phenoxy) is 2. The lowest BCUT2D eigenvalue weighted by molar-refractivity contribution is 0.00359. The molecule has 23 heavy (non-hydrogen) atoms. The van der Waals surface area contributed by atoms with Crippen molar-refractivity contribution < 1.29 is 18.8 Å². The Morgan fingerprint density at radius 3 is 2.83 bits per heavy atom. The van der Waals surface area contributed by atoms with Gasteiger partial charge in [0.2, 0.25) is 11.7 Å². The quantitative estimate of drug-likeness (QED) is 0.856. The zero-order valence-electron chi connectivity index (χ0n) is 13.2. The second-order valence-electron chi connectivity index (χ2n) is 5.47. The Hall–Kier alpha value is -2.41. The molecular weight excluding hydrogens is 298 g/mol. The van der Waals surface area contributed by atoms with Crippen molar-refractivity contribution in [2.24, 2.45) is 0 Å². The van der Waals surface area contributed by atoms with Crippen molar-refractivity contribution in [3.8, 4) is 5.75 Å². The second-order valence-corrected chi connectivity index (χ2v) is 5.47. The zero-order chi connectivity index (χ0) is 16.2. The molecule has 1 amide bonds. The lowest BCUT2D eigenvalue weighted by atomic mass is 10.1. The van der Waals surface area contributed by atoms with E-state index in [1.165, 1.54) is 0 Å². The van der Waals surface area contributed by atoms with Gasteiger partial charge in [-0.2, -0.15) is 4.98 Å². The maximum absolute atomic E-state index is 12.5. The first kappa shape index (κ1) is 15.5. The number of rotatable bonds is 4. The monoisotopic (exact) mass is 317 g/mol. The Balaban J connectivity index is 1.61. The van der Waals surface area contributed by atoms with Gasteiger partial charge in [-0.15, -0.1) is 0 Å². The van der Waals surface area contributed by atoms with Crippen molar-refractivity contribution in [1.82, 2.24) is 15.0 Å². The van der Waals surface area contributed by atoms with Crippen LogP contribution < -0.4 is 4.74 Å². The molecule has 1 saturated heterocycles. The average molecular weight is 317 g/mol. The van der Waals surface area contributed by atoms with Gasteiger partial charge < -0.3 is 18.9 Å². The van der Waals surface area contributed by atoms with Crippen LogP contribution in [-0.4, -0.2) is 46.7 Å². The topological polar surface area (TPSA) is 77.7 Å². The third-order valence-electron chi connectivity index (χ3n) is 3.67. The molecule has 1 atom stereocenters. The number of morpholine rings is 1. The molecule has 0 aliphatic carbocycles. The lowest BCUT2D eigenvalue weighted by Gasteiger charge is -2.33. The molecule has 0 N–H and O–H groups in total. The van der Waals surface area contributed by atoms with E-state index in [1.54, 1.807) is 31.2 Å². The Morgan fingerprint density at radius 1 is 1.39 bits per heavy atom. The maximum Gasteiger partial charge on any atom is 0.254 e. The summed E-state index contributed by atoms with van der Waals surface area (Å²) in [6.07, 6.45) is 0. The van der Waals surface area contributed by atoms with Crippen LogP contribution in [0.3, 0.4) is 0 Å². The zero-order valence-corrected chi connectivity index (χ0v) is 13.2. The number of carbonyl (C=O) groups excluding carboxylic acids is 1. The molecule has 1 aliphatic rings. The molecule has 122 valence electrons. The molecule has 2 aromatic rings. The predicted molar refractivity (Wildman–Crippen MR) is 81.1 cm³/mol. The smallest absolute Gasteiger partial charge is 0.254 e. The van der Waals surface area contributed by atoms with Crippen molar-refractivity contribution in [3.05, 3.63) is 41.5 Å². The highest BCUT2D eigenvalue weighted by atomic mass is 16.5. The summed E-state index contributed by atoms with van der Waals surface area (Å²) in [6, 6.07) is 7.16. The van der Waals surface area contributed by atoms with Crippen LogP contribution in [0.1, 0.15) is 29.0 Å². The number of benzene rings is 1. The van der Waals surface area contributed by atoms with Gasteiger partial charge in [0.1, 0.15) is 5.75 Å². The number of hydrogen-bond acceptors (Lipinski definition) is 6. The molecule has 0 unspecified atom stereocenters. The van der Waals surface area contributed by atoms with E-state index >= 15 is 0 Å². The standard InChI is InChI=1S/C16H19N3O4/c1-11-9-21-8-7-19(11)16(20)13-3-5-14(6-4-13)22-10-15-17-12(2)23-18-15/h3-6,11H,7-10H2,1-2H3/t11-/m0/s1. The summed E-state index contributed by atoms with van der Waals surface area (Å²) in [4.78, 5) is 18.4. The molecule has 1 aromatic heterocycles. The highest BCUT2D eigenvalue weighted by Gasteiger charge is 2.24. The molecule has 2 heterocycles. The van der Waals surface area contributed by atoms with E-state index in [9.17, 15) is 4.79 Å². The van der Waals surface area contributed by atoms with E-state index in [1.807, 2.05) is 11.8 Å². The van der Waals surface area contributed by atoms with Crippen LogP contribution in [0.25, 0.3) is 0 Å². The molecule has 0 saturated carbocycles. The van der Waals surface area contributed by atoms with Crippen molar-refractivity contribution in [1.29, 1.82) is 0 Å². The average Bonchev–Trinajstić information content (AvgIpc) is 2.99. The SMILES string of the molecule is Cc1nc(COc2ccc(C(=O)N3CCOC[C@@H]3C)cc2)no1. The van der Waals surface area contributed by atoms with Gasteiger partial charge in [-0.05, 0) is 31.2 Å². The number of amides is 1. The molecule has 0 radical (unpaired) electrons. The summed E-state index contributed by atoms with van der Waals surface area (Å²) < 4.78 is 15.8. The summed E-state index contributed by atoms with van der Waals surface area (Å²) in [7, 11) is 0. The molecule has 7 heteroatoms. The van der Waals surface area contributed by atoms with Gasteiger partial charge in [0, 0.05) is 19.0 Å². The fourth-order valence-corrected chi connectivity index (χ4v) is 2.44. The summed E-state index contributed by atoms with van der Waals surface area (Å²) in [5.41, 5.74) is 0.640. The fraction of sp³-hybridized carbons (Fsp3) is 0.438. The van der Waals surface area contributed by atoms with Crippen molar-refractivity contribution >= 4 is 5.91 Å². The van der Waals surface area contributed by atoms with Crippen LogP contribution in [0.4, 0.5) is 0 Å². The second kappa shape index (κ2) is 6.78. The van der Waals surface area contributed by atoms with Gasteiger partial charge in [-0.25, -0.2) is 0 Å². The highest BCUT2D eigenvalue weighted by molar-refractivity contribution is 5.94. The summed E-state index contributed by atoms with van der Waals surface area (Å²) in [5, 5.41) is 3.76. The number of hydrogen-bond donors (Lipinski definition) is 0. The van der Waals surface area contributed by atoms with Crippen molar-refractivity contribution in [2.45, 2.75) is 26.5 Å². The van der Waals surface area contributed by atoms with Crippen molar-refractivity contribution in [3.63, 3.8) is 0 Å². The third kappa shape index (κ3) is 3.68. The first-order valence-electron chi connectivity index (χ1n) is 7.54. The number of aryl methyl sites for hydroxylation is 1. The van der Waals surface area contributed by atoms with E-state index in [0.717, 1.165) is 0 Å². The van der Waals surface area contributed by atoms with E-state index in [2.05, 4.69) is 10.1 Å². The Labute approximate surface area is 134 Å². The van der Waals surface area contributed by atoms with Gasteiger partial charge in [0.05, 0.1) is 19.3 Å². The molecular formula is C16H19N3O4. The molecule has 0 spiro atoms. The minimum atomic E-state index is 0.0149. The van der Waals surface area contributed by atoms with E-state index in [-0.39, 0.29) is 18.6 Å². The minimum absolute atomic E-state index is 0.0149. The Kier molecular flexibility index (Phi) is 4.57. The summed E-state index contributed by atoms with van der Waals surface area (Å²) in [5.74, 6) is 1.66. The van der Waals surface area contributed by atoms with Gasteiger partial charge in [0.15, 0.2) is 6.61 Å². The van der Waals surface area contributed by atoms with Gasteiger partial charge >= 0.3 is 0 Å². The number of carbonyl (C=O) groups is 1. The highest BCUT2D eigenvalue weighted by Crippen LogP contribution is 2.17. The summed E-state index contributed by atoms with van der Waals surface area (Å²) >= 11 is 0. The maximum atomic E-state index is 12.5. The van der Waals surface area contributed by atoms with Crippen LogP contribution in [0.5, 0.6) is 5.75 Å². The van der Waals surface area contributed by atoms with E-state index in [4.69, 9.17) is 14.0 Å².